The molecule has 0 heterocycles. The van der Waals surface area contributed by atoms with Crippen molar-refractivity contribution in [2.75, 3.05) is 0 Å². The normalized spacial score (nSPS) is 11.3. The summed E-state index contributed by atoms with van der Waals surface area (Å²) in [6.45, 7) is 0. The maximum atomic E-state index is 8.77. The molecule has 0 rings (SSSR count). The van der Waals surface area contributed by atoms with Crippen LogP contribution in [0, 0.1) is 0 Å². The Labute approximate surface area is 158 Å². The first-order valence-electron chi connectivity index (χ1n) is 3.83. The molecule has 0 aromatic rings. The molecule has 0 aliphatic carbocycles. The maximum absolute atomic E-state index is 8.77. The predicted octanol–water partition coefficient (Wildman–Crippen LogP) is -7.81. The van der Waals surface area contributed by atoms with Crippen molar-refractivity contribution in [1.29, 1.82) is 0 Å². The van der Waals surface area contributed by atoms with Crippen molar-refractivity contribution in [3.8, 4) is 0 Å². The van der Waals surface area contributed by atoms with Gasteiger partial charge in [0, 0.05) is 0 Å². The zero-order chi connectivity index (χ0) is 22.5. The fourth-order valence-corrected chi connectivity index (χ4v) is 0. The summed E-state index contributed by atoms with van der Waals surface area (Å²) in [6.07, 6.45) is 0. The molecule has 0 unspecified atom stereocenters. The topological polar surface area (TPSA) is 403 Å². The van der Waals surface area contributed by atoms with Gasteiger partial charge < -0.3 is 73.4 Å². The smallest absolute Gasteiger partial charge is 0.756 e. The standard InChI is InChI=1S/Nb.5H3O4P/c;5*1-5(2,3)4/h;5*(H3,1,2,3,4)/q+5;;;;;/p-5. The fraction of sp³-hybridized carbons (Fsp3) is 0. The van der Waals surface area contributed by atoms with E-state index in [1.54, 1.807) is 0 Å². The van der Waals surface area contributed by atoms with Crippen LogP contribution in [0.3, 0.4) is 0 Å². The molecule has 26 heavy (non-hydrogen) atoms. The van der Waals surface area contributed by atoms with Gasteiger partial charge in [-0.25, -0.2) is 0 Å². The van der Waals surface area contributed by atoms with Gasteiger partial charge in [0.1, 0.15) is 0 Å². The molecule has 0 amide bonds. The third-order valence-electron chi connectivity index (χ3n) is 0. The quantitative estimate of drug-likeness (QED) is 0.0942. The molecule has 0 saturated carbocycles. The second kappa shape index (κ2) is 17.2. The van der Waals surface area contributed by atoms with Crippen molar-refractivity contribution in [3.63, 3.8) is 0 Å². The fourth-order valence-electron chi connectivity index (χ4n) is 0. The summed E-state index contributed by atoms with van der Waals surface area (Å²) in [4.78, 5) is 115. The van der Waals surface area contributed by atoms with E-state index in [4.69, 9.17) is 96.2 Å². The summed E-state index contributed by atoms with van der Waals surface area (Å²) in [7, 11) is -24.4. The Morgan fingerprint density at radius 2 is 0.346 bits per heavy atom. The molecule has 0 saturated heterocycles. The summed E-state index contributed by atoms with van der Waals surface area (Å²) in [5.41, 5.74) is 0. The molecule has 0 aliphatic rings. The average Bonchev–Trinajstić information content (AvgIpc) is 1.79. The molecule has 0 aromatic heterocycles. The van der Waals surface area contributed by atoms with Gasteiger partial charge in [0.2, 0.25) is 0 Å². The minimum absolute atomic E-state index is 0. The minimum Gasteiger partial charge on any atom is -0.756 e. The monoisotopic (exact) mass is 578 g/mol. The molecule has 0 aliphatic heterocycles. The Morgan fingerprint density at radius 3 is 0.346 bits per heavy atom. The molecule has 0 spiro atoms. The van der Waals surface area contributed by atoms with E-state index in [2.05, 4.69) is 0 Å². The van der Waals surface area contributed by atoms with Crippen LogP contribution in [0.5, 0.6) is 0 Å². The Hall–Kier alpha value is 1.29. The van der Waals surface area contributed by atoms with Crippen LogP contribution in [-0.4, -0.2) is 48.9 Å². The molecule has 0 fully saturated rings. The van der Waals surface area contributed by atoms with Gasteiger partial charge in [-0.2, -0.15) is 0 Å². The van der Waals surface area contributed by atoms with Gasteiger partial charge in [-0.15, -0.1) is 0 Å². The van der Waals surface area contributed by atoms with Crippen molar-refractivity contribution < 1.29 is 119 Å². The number of phosphoric acid groups is 5. The predicted molar refractivity (Wildman–Crippen MR) is 60.2 cm³/mol. The van der Waals surface area contributed by atoms with Crippen LogP contribution in [0.2, 0.25) is 0 Å². The second-order valence-electron chi connectivity index (χ2n) is 2.45. The van der Waals surface area contributed by atoms with Crippen LogP contribution in [0.1, 0.15) is 0 Å². The van der Waals surface area contributed by atoms with E-state index in [0.717, 1.165) is 0 Å². The Balaban J connectivity index is -0.0000000476. The second-order valence-corrected chi connectivity index (χ2v) is 7.36. The van der Waals surface area contributed by atoms with Crippen LogP contribution in [-0.2, 0) is 45.2 Å². The van der Waals surface area contributed by atoms with E-state index in [0.29, 0.717) is 0 Å². The zero-order valence-electron chi connectivity index (χ0n) is 11.2. The zero-order valence-corrected chi connectivity index (χ0v) is 17.9. The molecule has 20 nitrogen and oxygen atoms in total. The molecule has 10 N–H and O–H groups in total. The van der Waals surface area contributed by atoms with Crippen LogP contribution < -0.4 is 24.5 Å². The van der Waals surface area contributed by atoms with Crippen LogP contribution in [0.25, 0.3) is 0 Å². The molecule has 0 radical (unpaired) electrons. The van der Waals surface area contributed by atoms with Gasteiger partial charge in [-0.3, -0.25) is 22.8 Å². The van der Waals surface area contributed by atoms with E-state index < -0.39 is 39.1 Å². The Bertz CT molecular complexity index is 371. The van der Waals surface area contributed by atoms with Crippen molar-refractivity contribution >= 4 is 39.1 Å². The Morgan fingerprint density at radius 1 is 0.346 bits per heavy atom. The first-order chi connectivity index (χ1) is 10.0. The molecule has 0 atom stereocenters. The molecule has 0 bridgehead atoms. The van der Waals surface area contributed by atoms with E-state index in [1.807, 2.05) is 0 Å². The first kappa shape index (κ1) is 41.6. The Kier molecular flexibility index (Phi) is 27.5. The van der Waals surface area contributed by atoms with Gasteiger partial charge in [-0.05, 0) is 0 Å². The van der Waals surface area contributed by atoms with Gasteiger partial charge in [0.05, 0.1) is 0 Å². The van der Waals surface area contributed by atoms with Crippen molar-refractivity contribution in [2.24, 2.45) is 0 Å². The summed E-state index contributed by atoms with van der Waals surface area (Å²) in [6, 6.07) is 0. The molecular formula is H10NbO20P5. The van der Waals surface area contributed by atoms with Crippen molar-refractivity contribution in [3.05, 3.63) is 0 Å². The van der Waals surface area contributed by atoms with Crippen LogP contribution in [0.4, 0.5) is 0 Å². The maximum Gasteiger partial charge on any atom is 5.00 e. The minimum atomic E-state index is -4.89. The SMILES string of the molecule is O=P([O-])(O)O.O=P([O-])(O)O.O=P([O-])(O)O.O=P([O-])(O)O.O=P([O-])(O)O.[Nb+5]. The van der Waals surface area contributed by atoms with Gasteiger partial charge in [-0.1, -0.05) is 0 Å². The van der Waals surface area contributed by atoms with Gasteiger partial charge in [0.25, 0.3) is 39.1 Å². The van der Waals surface area contributed by atoms with E-state index in [1.165, 1.54) is 0 Å². The number of hydrogen-bond donors (Lipinski definition) is 10. The van der Waals surface area contributed by atoms with Crippen LogP contribution >= 0.6 is 39.1 Å². The summed E-state index contributed by atoms with van der Waals surface area (Å²) in [5.74, 6) is 0. The largest absolute Gasteiger partial charge is 5.00 e. The number of hydrogen-bond acceptors (Lipinski definition) is 10. The molecule has 26 heteroatoms. The first-order valence-corrected chi connectivity index (χ1v) is 11.5. The van der Waals surface area contributed by atoms with Crippen molar-refractivity contribution in [2.45, 2.75) is 0 Å². The number of rotatable bonds is 0. The van der Waals surface area contributed by atoms with E-state index in [-0.39, 0.29) is 22.4 Å². The van der Waals surface area contributed by atoms with E-state index in [9.17, 15) is 0 Å². The molecular weight excluding hydrogens is 568 g/mol. The molecule has 0 aromatic carbocycles. The van der Waals surface area contributed by atoms with Crippen molar-refractivity contribution in [1.82, 2.24) is 0 Å². The molecule has 160 valence electrons. The summed E-state index contributed by atoms with van der Waals surface area (Å²) in [5, 5.41) is 0. The average molecular weight is 578 g/mol. The summed E-state index contributed by atoms with van der Waals surface area (Å²) < 4.78 is 43.9. The third kappa shape index (κ3) is 8960. The van der Waals surface area contributed by atoms with Crippen LogP contribution in [0.15, 0.2) is 0 Å². The summed E-state index contributed by atoms with van der Waals surface area (Å²) >= 11 is 0. The van der Waals surface area contributed by atoms with Gasteiger partial charge >= 0.3 is 22.4 Å². The third-order valence-corrected chi connectivity index (χ3v) is 0. The van der Waals surface area contributed by atoms with E-state index >= 15 is 0 Å². The van der Waals surface area contributed by atoms with Gasteiger partial charge in [0.15, 0.2) is 0 Å².